The SMILES string of the molecule is CCn1ccnc1N1CC(O)CC1C(=O)O. The van der Waals surface area contributed by atoms with Crippen molar-refractivity contribution in [3.8, 4) is 0 Å². The number of hydrogen-bond acceptors (Lipinski definition) is 4. The third-order valence-electron chi connectivity index (χ3n) is 2.86. The van der Waals surface area contributed by atoms with Crippen LogP contribution < -0.4 is 4.90 Å². The largest absolute Gasteiger partial charge is 0.480 e. The molecule has 1 aromatic rings. The molecule has 6 heteroatoms. The van der Waals surface area contributed by atoms with Gasteiger partial charge in [0.2, 0.25) is 5.95 Å². The van der Waals surface area contributed by atoms with E-state index in [4.69, 9.17) is 5.11 Å². The lowest BCUT2D eigenvalue weighted by Crippen LogP contribution is -2.37. The van der Waals surface area contributed by atoms with Gasteiger partial charge in [-0.2, -0.15) is 0 Å². The van der Waals surface area contributed by atoms with E-state index in [2.05, 4.69) is 4.98 Å². The summed E-state index contributed by atoms with van der Waals surface area (Å²) in [6, 6.07) is -0.678. The van der Waals surface area contributed by atoms with Crippen LogP contribution in [0.25, 0.3) is 0 Å². The first kappa shape index (κ1) is 10.9. The molecule has 0 saturated carbocycles. The quantitative estimate of drug-likeness (QED) is 0.752. The van der Waals surface area contributed by atoms with Crippen molar-refractivity contribution in [1.82, 2.24) is 9.55 Å². The molecule has 0 spiro atoms. The van der Waals surface area contributed by atoms with Crippen LogP contribution in [0.5, 0.6) is 0 Å². The summed E-state index contributed by atoms with van der Waals surface area (Å²) in [6.45, 7) is 3.02. The van der Waals surface area contributed by atoms with Crippen molar-refractivity contribution < 1.29 is 15.0 Å². The van der Waals surface area contributed by atoms with Gasteiger partial charge in [0.1, 0.15) is 6.04 Å². The van der Waals surface area contributed by atoms with Crippen LogP contribution in [-0.2, 0) is 11.3 Å². The summed E-state index contributed by atoms with van der Waals surface area (Å²) in [7, 11) is 0. The van der Waals surface area contributed by atoms with E-state index in [9.17, 15) is 9.90 Å². The maximum Gasteiger partial charge on any atom is 0.326 e. The van der Waals surface area contributed by atoms with Crippen LogP contribution in [-0.4, -0.2) is 44.4 Å². The lowest BCUT2D eigenvalue weighted by molar-refractivity contribution is -0.138. The second-order valence-corrected chi connectivity index (χ2v) is 3.91. The van der Waals surface area contributed by atoms with Gasteiger partial charge in [0.15, 0.2) is 0 Å². The number of aryl methyl sites for hydroxylation is 1. The van der Waals surface area contributed by atoms with Gasteiger partial charge in [0.25, 0.3) is 0 Å². The van der Waals surface area contributed by atoms with E-state index >= 15 is 0 Å². The second-order valence-electron chi connectivity index (χ2n) is 3.91. The third-order valence-corrected chi connectivity index (χ3v) is 2.86. The van der Waals surface area contributed by atoms with E-state index < -0.39 is 18.1 Å². The molecule has 1 aromatic heterocycles. The molecule has 0 aliphatic carbocycles. The van der Waals surface area contributed by atoms with Gasteiger partial charge in [0.05, 0.1) is 6.10 Å². The number of carbonyl (C=O) groups is 1. The van der Waals surface area contributed by atoms with Crippen molar-refractivity contribution in [1.29, 1.82) is 0 Å². The molecule has 2 heterocycles. The number of carboxylic acids is 1. The van der Waals surface area contributed by atoms with Crippen LogP contribution in [0.2, 0.25) is 0 Å². The molecular weight excluding hydrogens is 210 g/mol. The third kappa shape index (κ3) is 1.76. The zero-order valence-electron chi connectivity index (χ0n) is 9.08. The Hall–Kier alpha value is -1.56. The van der Waals surface area contributed by atoms with Gasteiger partial charge in [-0.3, -0.25) is 0 Å². The van der Waals surface area contributed by atoms with Gasteiger partial charge in [-0.15, -0.1) is 0 Å². The van der Waals surface area contributed by atoms with Crippen LogP contribution in [0.3, 0.4) is 0 Å². The van der Waals surface area contributed by atoms with Crippen LogP contribution >= 0.6 is 0 Å². The number of anilines is 1. The second kappa shape index (κ2) is 4.13. The molecule has 16 heavy (non-hydrogen) atoms. The summed E-state index contributed by atoms with van der Waals surface area (Å²) >= 11 is 0. The van der Waals surface area contributed by atoms with Gasteiger partial charge >= 0.3 is 5.97 Å². The average molecular weight is 225 g/mol. The van der Waals surface area contributed by atoms with Gasteiger partial charge < -0.3 is 19.7 Å². The van der Waals surface area contributed by atoms with Gasteiger partial charge in [-0.05, 0) is 6.92 Å². The van der Waals surface area contributed by atoms with Crippen molar-refractivity contribution in [2.24, 2.45) is 0 Å². The van der Waals surface area contributed by atoms with Crippen molar-refractivity contribution in [2.45, 2.75) is 32.0 Å². The van der Waals surface area contributed by atoms with Gasteiger partial charge in [-0.1, -0.05) is 0 Å². The Morgan fingerprint density at radius 1 is 1.69 bits per heavy atom. The molecule has 0 aromatic carbocycles. The predicted octanol–water partition coefficient (Wildman–Crippen LogP) is -0.0728. The topological polar surface area (TPSA) is 78.6 Å². The number of aromatic nitrogens is 2. The Morgan fingerprint density at radius 2 is 2.44 bits per heavy atom. The van der Waals surface area contributed by atoms with Crippen molar-refractivity contribution in [3.63, 3.8) is 0 Å². The Bertz CT molecular complexity index is 390. The molecule has 1 aliphatic rings. The molecule has 2 N–H and O–H groups in total. The molecule has 2 atom stereocenters. The molecule has 0 radical (unpaired) electrons. The molecule has 2 rings (SSSR count). The highest BCUT2D eigenvalue weighted by Crippen LogP contribution is 2.24. The highest BCUT2D eigenvalue weighted by atomic mass is 16.4. The molecule has 1 fully saturated rings. The standard InChI is InChI=1S/C10H15N3O3/c1-2-12-4-3-11-10(12)13-6-7(14)5-8(13)9(15)16/h3-4,7-8,14H,2,5-6H2,1H3,(H,15,16). The zero-order valence-corrected chi connectivity index (χ0v) is 9.08. The number of aliphatic hydroxyl groups excluding tert-OH is 1. The van der Waals surface area contributed by atoms with E-state index in [-0.39, 0.29) is 6.42 Å². The van der Waals surface area contributed by atoms with Crippen LogP contribution in [0.1, 0.15) is 13.3 Å². The molecule has 88 valence electrons. The van der Waals surface area contributed by atoms with E-state index in [0.717, 1.165) is 6.54 Å². The van der Waals surface area contributed by atoms with E-state index in [1.54, 1.807) is 17.3 Å². The van der Waals surface area contributed by atoms with Crippen LogP contribution in [0, 0.1) is 0 Å². The number of aliphatic carboxylic acids is 1. The first-order chi connectivity index (χ1) is 7.63. The minimum Gasteiger partial charge on any atom is -0.480 e. The maximum absolute atomic E-state index is 11.1. The number of aliphatic hydroxyl groups is 1. The molecule has 0 bridgehead atoms. The summed E-state index contributed by atoms with van der Waals surface area (Å²) in [4.78, 5) is 16.9. The number of rotatable bonds is 3. The lowest BCUT2D eigenvalue weighted by Gasteiger charge is -2.22. The normalized spacial score (nSPS) is 25.0. The summed E-state index contributed by atoms with van der Waals surface area (Å²) in [5, 5.41) is 18.6. The number of β-amino-alcohol motifs (C(OH)–C–C–N with tert-alkyl or cyclic N) is 1. The fraction of sp³-hybridized carbons (Fsp3) is 0.600. The van der Waals surface area contributed by atoms with Crippen LogP contribution in [0.4, 0.5) is 5.95 Å². The Balaban J connectivity index is 2.28. The summed E-state index contributed by atoms with van der Waals surface area (Å²) in [5.74, 6) is -0.298. The Kier molecular flexibility index (Phi) is 2.82. The van der Waals surface area contributed by atoms with Crippen molar-refractivity contribution in [2.75, 3.05) is 11.4 Å². The van der Waals surface area contributed by atoms with Gasteiger partial charge in [0, 0.05) is 31.9 Å². The molecular formula is C10H15N3O3. The Labute approximate surface area is 93.1 Å². The van der Waals surface area contributed by atoms with Crippen molar-refractivity contribution in [3.05, 3.63) is 12.4 Å². The highest BCUT2D eigenvalue weighted by molar-refractivity contribution is 5.78. The zero-order chi connectivity index (χ0) is 11.7. The summed E-state index contributed by atoms with van der Waals surface area (Å²) < 4.78 is 1.87. The fourth-order valence-corrected chi connectivity index (χ4v) is 2.08. The molecule has 2 unspecified atom stereocenters. The Morgan fingerprint density at radius 3 is 3.06 bits per heavy atom. The molecule has 1 aliphatic heterocycles. The monoisotopic (exact) mass is 225 g/mol. The number of imidazole rings is 1. The van der Waals surface area contributed by atoms with E-state index in [0.29, 0.717) is 12.5 Å². The maximum atomic E-state index is 11.1. The van der Waals surface area contributed by atoms with E-state index in [1.165, 1.54) is 0 Å². The number of nitrogens with zero attached hydrogens (tertiary/aromatic N) is 3. The fourth-order valence-electron chi connectivity index (χ4n) is 2.08. The lowest BCUT2D eigenvalue weighted by atomic mass is 10.2. The first-order valence-corrected chi connectivity index (χ1v) is 5.32. The number of carboxylic acid groups (broad SMARTS) is 1. The smallest absolute Gasteiger partial charge is 0.326 e. The van der Waals surface area contributed by atoms with Crippen LogP contribution in [0.15, 0.2) is 12.4 Å². The van der Waals surface area contributed by atoms with E-state index in [1.807, 2.05) is 11.5 Å². The van der Waals surface area contributed by atoms with Gasteiger partial charge in [-0.25, -0.2) is 9.78 Å². The summed E-state index contributed by atoms with van der Waals surface area (Å²) in [5.41, 5.74) is 0. The predicted molar refractivity (Wildman–Crippen MR) is 57.3 cm³/mol. The van der Waals surface area contributed by atoms with Crippen molar-refractivity contribution >= 4 is 11.9 Å². The first-order valence-electron chi connectivity index (χ1n) is 5.32. The highest BCUT2D eigenvalue weighted by Gasteiger charge is 2.37. The molecule has 0 amide bonds. The summed E-state index contributed by atoms with van der Waals surface area (Å²) in [6.07, 6.45) is 3.11. The molecule has 6 nitrogen and oxygen atoms in total. The average Bonchev–Trinajstić information content (AvgIpc) is 2.82. The minimum absolute atomic E-state index is 0.256. The number of hydrogen-bond donors (Lipinski definition) is 2. The molecule has 1 saturated heterocycles. The minimum atomic E-state index is -0.915.